The molecule has 1 saturated heterocycles. The molecule has 2 unspecified atom stereocenters. The first kappa shape index (κ1) is 11.0. The first-order valence-electron chi connectivity index (χ1n) is 5.25. The zero-order chi connectivity index (χ0) is 10.8. The van der Waals surface area contributed by atoms with Crippen LogP contribution in [0.25, 0.3) is 0 Å². The van der Waals surface area contributed by atoms with Crippen LogP contribution in [0.5, 0.6) is 0 Å². The molecule has 2 rings (SSSR count). The summed E-state index contributed by atoms with van der Waals surface area (Å²) in [7, 11) is 0. The Morgan fingerprint density at radius 3 is 2.93 bits per heavy atom. The first-order chi connectivity index (χ1) is 7.16. The first-order valence-corrected chi connectivity index (χ1v) is 6.40. The molecule has 2 heterocycles. The van der Waals surface area contributed by atoms with Crippen molar-refractivity contribution in [2.45, 2.75) is 32.3 Å². The van der Waals surface area contributed by atoms with E-state index in [0.29, 0.717) is 11.8 Å². The molecule has 0 spiro atoms. The van der Waals surface area contributed by atoms with E-state index in [2.05, 4.69) is 24.0 Å². The minimum atomic E-state index is -0.331. The molecule has 0 aromatic carbocycles. The number of rotatable bonds is 3. The van der Waals surface area contributed by atoms with E-state index in [1.54, 1.807) is 11.8 Å². The average molecular weight is 228 g/mol. The fourth-order valence-corrected chi connectivity index (χ4v) is 2.87. The number of aromatic nitrogens is 2. The second kappa shape index (κ2) is 4.53. The quantitative estimate of drug-likeness (QED) is 0.848. The van der Waals surface area contributed by atoms with Gasteiger partial charge in [0.1, 0.15) is 0 Å². The fraction of sp³-hybridized carbons (Fsp3) is 0.800. The predicted molar refractivity (Wildman–Crippen MR) is 58.9 cm³/mol. The van der Waals surface area contributed by atoms with Crippen LogP contribution in [0.1, 0.15) is 31.5 Å². The molecule has 0 saturated carbocycles. The molecule has 84 valence electrons. The van der Waals surface area contributed by atoms with Crippen molar-refractivity contribution in [2.24, 2.45) is 5.92 Å². The van der Waals surface area contributed by atoms with Gasteiger partial charge in [-0.2, -0.15) is 16.7 Å². The van der Waals surface area contributed by atoms with E-state index in [9.17, 15) is 5.11 Å². The van der Waals surface area contributed by atoms with E-state index in [1.807, 2.05) is 0 Å². The van der Waals surface area contributed by atoms with Gasteiger partial charge in [-0.15, -0.1) is 0 Å². The molecule has 0 aliphatic carbocycles. The van der Waals surface area contributed by atoms with Crippen LogP contribution in [-0.4, -0.2) is 32.9 Å². The molecule has 1 fully saturated rings. The summed E-state index contributed by atoms with van der Waals surface area (Å²) in [5, 5.41) is 13.6. The topological polar surface area (TPSA) is 59.2 Å². The molecule has 5 heteroatoms. The highest BCUT2D eigenvalue weighted by Crippen LogP contribution is 2.31. The molecule has 1 aliphatic heterocycles. The molecule has 4 nitrogen and oxygen atoms in total. The summed E-state index contributed by atoms with van der Waals surface area (Å²) in [5.41, 5.74) is 0. The Morgan fingerprint density at radius 1 is 1.53 bits per heavy atom. The van der Waals surface area contributed by atoms with Crippen molar-refractivity contribution in [1.29, 1.82) is 0 Å². The Morgan fingerprint density at radius 2 is 2.33 bits per heavy atom. The van der Waals surface area contributed by atoms with E-state index in [-0.39, 0.29) is 12.0 Å². The maximum Gasteiger partial charge on any atom is 0.233 e. The summed E-state index contributed by atoms with van der Waals surface area (Å²) >= 11 is 1.73. The molecule has 1 N–H and O–H groups in total. The van der Waals surface area contributed by atoms with Crippen molar-refractivity contribution in [3.8, 4) is 0 Å². The van der Waals surface area contributed by atoms with Gasteiger partial charge < -0.3 is 9.63 Å². The van der Waals surface area contributed by atoms with Crippen LogP contribution >= 0.6 is 11.8 Å². The number of hydrogen-bond acceptors (Lipinski definition) is 5. The lowest BCUT2D eigenvalue weighted by Gasteiger charge is -2.06. The minimum absolute atomic E-state index is 0.0309. The summed E-state index contributed by atoms with van der Waals surface area (Å²) in [6.45, 7) is 4.24. The van der Waals surface area contributed by atoms with Crippen LogP contribution in [-0.2, 0) is 6.42 Å². The molecule has 1 aromatic rings. The van der Waals surface area contributed by atoms with Gasteiger partial charge in [0.2, 0.25) is 5.89 Å². The summed E-state index contributed by atoms with van der Waals surface area (Å²) in [6, 6.07) is 0. The second-order valence-corrected chi connectivity index (χ2v) is 5.43. The van der Waals surface area contributed by atoms with E-state index < -0.39 is 0 Å². The minimum Gasteiger partial charge on any atom is -0.391 e. The van der Waals surface area contributed by atoms with Crippen molar-refractivity contribution in [2.75, 3.05) is 11.5 Å². The van der Waals surface area contributed by atoms with Crippen LogP contribution in [0.4, 0.5) is 0 Å². The third-order valence-corrected chi connectivity index (χ3v) is 3.61. The summed E-state index contributed by atoms with van der Waals surface area (Å²) in [4.78, 5) is 4.33. The van der Waals surface area contributed by atoms with E-state index in [4.69, 9.17) is 4.52 Å². The molecule has 1 aromatic heterocycles. The number of hydrogen-bond donors (Lipinski definition) is 1. The van der Waals surface area contributed by atoms with Crippen LogP contribution in [0.15, 0.2) is 4.52 Å². The number of aliphatic hydroxyl groups excluding tert-OH is 1. The molecular formula is C10H16N2O2S. The Balaban J connectivity index is 2.06. The van der Waals surface area contributed by atoms with Gasteiger partial charge in [0, 0.05) is 17.9 Å². The molecular weight excluding hydrogens is 212 g/mol. The van der Waals surface area contributed by atoms with Gasteiger partial charge in [0.25, 0.3) is 0 Å². The summed E-state index contributed by atoms with van der Waals surface area (Å²) in [5.74, 6) is 3.56. The number of thioether (sulfide) groups is 1. The van der Waals surface area contributed by atoms with Crippen LogP contribution < -0.4 is 0 Å². The van der Waals surface area contributed by atoms with Gasteiger partial charge in [0.15, 0.2) is 5.82 Å². The third kappa shape index (κ3) is 2.52. The van der Waals surface area contributed by atoms with E-state index >= 15 is 0 Å². The number of aliphatic hydroxyl groups is 1. The van der Waals surface area contributed by atoms with Crippen LogP contribution in [0, 0.1) is 5.92 Å². The van der Waals surface area contributed by atoms with Gasteiger partial charge in [-0.05, 0) is 5.92 Å². The lowest BCUT2D eigenvalue weighted by molar-refractivity contribution is 0.164. The predicted octanol–water partition coefficient (Wildman–Crippen LogP) is 1.46. The summed E-state index contributed by atoms with van der Waals surface area (Å²) in [6.07, 6.45) is 0.502. The van der Waals surface area contributed by atoms with Gasteiger partial charge in [-0.25, -0.2) is 0 Å². The second-order valence-electron chi connectivity index (χ2n) is 4.36. The zero-order valence-electron chi connectivity index (χ0n) is 9.01. The lowest BCUT2D eigenvalue weighted by Crippen LogP contribution is -2.16. The zero-order valence-corrected chi connectivity index (χ0v) is 9.83. The molecule has 0 bridgehead atoms. The Kier molecular flexibility index (Phi) is 3.31. The monoisotopic (exact) mass is 228 g/mol. The SMILES string of the molecule is CC(C)Cc1noc(C2CSCC2O)n1. The highest BCUT2D eigenvalue weighted by atomic mass is 32.2. The maximum atomic E-state index is 9.68. The standard InChI is InChI=1S/C10H16N2O2S/c1-6(2)3-9-11-10(14-12-9)7-4-15-5-8(7)13/h6-8,13H,3-5H2,1-2H3. The molecule has 2 atom stereocenters. The van der Waals surface area contributed by atoms with E-state index in [0.717, 1.165) is 23.8 Å². The van der Waals surface area contributed by atoms with Crippen molar-refractivity contribution >= 4 is 11.8 Å². The third-order valence-electron chi connectivity index (χ3n) is 2.44. The molecule has 1 aliphatic rings. The van der Waals surface area contributed by atoms with Gasteiger partial charge >= 0.3 is 0 Å². The fourth-order valence-electron chi connectivity index (χ4n) is 1.64. The van der Waals surface area contributed by atoms with Crippen LogP contribution in [0.2, 0.25) is 0 Å². The normalized spacial score (nSPS) is 26.4. The Hall–Kier alpha value is -0.550. The maximum absolute atomic E-state index is 9.68. The number of nitrogens with zero attached hydrogens (tertiary/aromatic N) is 2. The largest absolute Gasteiger partial charge is 0.391 e. The van der Waals surface area contributed by atoms with Crippen molar-refractivity contribution in [3.05, 3.63) is 11.7 Å². The molecule has 0 radical (unpaired) electrons. The smallest absolute Gasteiger partial charge is 0.233 e. The summed E-state index contributed by atoms with van der Waals surface area (Å²) < 4.78 is 5.19. The Bertz CT molecular complexity index is 327. The van der Waals surface area contributed by atoms with Crippen molar-refractivity contribution < 1.29 is 9.63 Å². The van der Waals surface area contributed by atoms with Gasteiger partial charge in [-0.3, -0.25) is 0 Å². The van der Waals surface area contributed by atoms with Gasteiger partial charge in [0.05, 0.1) is 12.0 Å². The van der Waals surface area contributed by atoms with Gasteiger partial charge in [-0.1, -0.05) is 19.0 Å². The van der Waals surface area contributed by atoms with E-state index in [1.165, 1.54) is 0 Å². The Labute approximate surface area is 93.4 Å². The van der Waals surface area contributed by atoms with Crippen LogP contribution in [0.3, 0.4) is 0 Å². The molecule has 15 heavy (non-hydrogen) atoms. The van der Waals surface area contributed by atoms with Crippen molar-refractivity contribution in [3.63, 3.8) is 0 Å². The average Bonchev–Trinajstić information content (AvgIpc) is 2.72. The van der Waals surface area contributed by atoms with Crippen molar-refractivity contribution in [1.82, 2.24) is 10.1 Å². The highest BCUT2D eigenvalue weighted by Gasteiger charge is 2.31. The lowest BCUT2D eigenvalue weighted by atomic mass is 10.1. The highest BCUT2D eigenvalue weighted by molar-refractivity contribution is 7.99. The molecule has 0 amide bonds.